The van der Waals surface area contributed by atoms with Gasteiger partial charge in [0.2, 0.25) is 0 Å². The van der Waals surface area contributed by atoms with E-state index < -0.39 is 5.97 Å². The Morgan fingerprint density at radius 3 is 2.69 bits per heavy atom. The molecule has 0 bridgehead atoms. The van der Waals surface area contributed by atoms with Gasteiger partial charge >= 0.3 is 5.97 Å². The van der Waals surface area contributed by atoms with Crippen molar-refractivity contribution in [3.8, 4) is 6.07 Å². The predicted octanol–water partition coefficient (Wildman–Crippen LogP) is 2.33. The molecule has 0 unspecified atom stereocenters. The first-order valence-electron chi connectivity index (χ1n) is 3.50. The Morgan fingerprint density at radius 1 is 1.62 bits per heavy atom. The van der Waals surface area contributed by atoms with E-state index in [2.05, 4.69) is 15.9 Å². The monoisotopic (exact) mass is 239 g/mol. The van der Waals surface area contributed by atoms with Gasteiger partial charge in [0.1, 0.15) is 6.07 Å². The Kier molecular flexibility index (Phi) is 2.69. The molecule has 0 radical (unpaired) electrons. The van der Waals surface area contributed by atoms with Crippen LogP contribution in [0.5, 0.6) is 0 Å². The van der Waals surface area contributed by atoms with Gasteiger partial charge in [0.25, 0.3) is 0 Å². The lowest BCUT2D eigenvalue weighted by atomic mass is 10.0. The van der Waals surface area contributed by atoms with Crippen LogP contribution in [0.15, 0.2) is 16.6 Å². The third-order valence-electron chi connectivity index (χ3n) is 1.73. The first-order valence-corrected chi connectivity index (χ1v) is 4.29. The van der Waals surface area contributed by atoms with E-state index in [1.54, 1.807) is 13.0 Å². The van der Waals surface area contributed by atoms with E-state index in [9.17, 15) is 4.79 Å². The minimum absolute atomic E-state index is 0.0666. The fourth-order valence-electron chi connectivity index (χ4n) is 1.06. The molecule has 1 aromatic carbocycles. The second kappa shape index (κ2) is 3.58. The minimum atomic E-state index is -1.07. The lowest BCUT2D eigenvalue weighted by Crippen LogP contribution is -2.03. The fourth-order valence-corrected chi connectivity index (χ4v) is 1.39. The lowest BCUT2D eigenvalue weighted by Gasteiger charge is -2.04. The highest BCUT2D eigenvalue weighted by Crippen LogP contribution is 2.22. The largest absolute Gasteiger partial charge is 0.478 e. The van der Waals surface area contributed by atoms with Crippen LogP contribution in [0.25, 0.3) is 0 Å². The molecule has 4 heteroatoms. The number of carboxylic acids is 1. The molecule has 0 aromatic heterocycles. The summed E-state index contributed by atoms with van der Waals surface area (Å²) < 4.78 is 0.698. The average Bonchev–Trinajstić information content (AvgIpc) is 2.08. The second-order valence-corrected chi connectivity index (χ2v) is 3.37. The summed E-state index contributed by atoms with van der Waals surface area (Å²) in [6, 6.07) is 5.00. The molecule has 0 fully saturated rings. The average molecular weight is 240 g/mol. The van der Waals surface area contributed by atoms with Gasteiger partial charge in [0.15, 0.2) is 0 Å². The number of aromatic carboxylic acids is 1. The van der Waals surface area contributed by atoms with Crippen LogP contribution in [-0.2, 0) is 0 Å². The van der Waals surface area contributed by atoms with E-state index in [0.29, 0.717) is 10.0 Å². The smallest absolute Gasteiger partial charge is 0.337 e. The number of carbonyl (C=O) groups is 1. The van der Waals surface area contributed by atoms with E-state index in [1.807, 2.05) is 6.07 Å². The Bertz CT molecular complexity index is 407. The summed E-state index contributed by atoms with van der Waals surface area (Å²) in [4.78, 5) is 10.8. The van der Waals surface area contributed by atoms with Crippen molar-refractivity contribution in [3.63, 3.8) is 0 Å². The van der Waals surface area contributed by atoms with Crippen molar-refractivity contribution in [2.24, 2.45) is 0 Å². The van der Waals surface area contributed by atoms with Gasteiger partial charge in [0, 0.05) is 4.47 Å². The molecule has 0 aliphatic carbocycles. The maximum Gasteiger partial charge on any atom is 0.337 e. The molecule has 0 spiro atoms. The summed E-state index contributed by atoms with van der Waals surface area (Å²) in [6.45, 7) is 1.66. The summed E-state index contributed by atoms with van der Waals surface area (Å²) in [5.41, 5.74) is 0.830. The Hall–Kier alpha value is -1.34. The van der Waals surface area contributed by atoms with Crippen LogP contribution in [0.1, 0.15) is 21.5 Å². The molecule has 0 atom stereocenters. The zero-order chi connectivity index (χ0) is 10.0. The number of hydrogen-bond acceptors (Lipinski definition) is 2. The molecule has 0 heterocycles. The predicted molar refractivity (Wildman–Crippen MR) is 50.6 cm³/mol. The van der Waals surface area contributed by atoms with E-state index in [4.69, 9.17) is 10.4 Å². The van der Waals surface area contributed by atoms with Gasteiger partial charge in [-0.3, -0.25) is 0 Å². The Balaban J connectivity index is 3.53. The third kappa shape index (κ3) is 1.70. The normalized spacial score (nSPS) is 9.31. The highest BCUT2D eigenvalue weighted by Gasteiger charge is 2.14. The summed E-state index contributed by atoms with van der Waals surface area (Å²) in [7, 11) is 0. The lowest BCUT2D eigenvalue weighted by molar-refractivity contribution is 0.0695. The van der Waals surface area contributed by atoms with Gasteiger partial charge in [-0.15, -0.1) is 0 Å². The molecule has 0 aliphatic heterocycles. The molecule has 0 saturated carbocycles. The van der Waals surface area contributed by atoms with Gasteiger partial charge in [-0.1, -0.05) is 15.9 Å². The summed E-state index contributed by atoms with van der Waals surface area (Å²) in [6.07, 6.45) is 0. The SMILES string of the molecule is Cc1c(Br)ccc(C#N)c1C(=O)O. The molecule has 3 nitrogen and oxygen atoms in total. The number of hydrogen-bond donors (Lipinski definition) is 1. The van der Waals surface area contributed by atoms with Crippen molar-refractivity contribution in [2.45, 2.75) is 6.92 Å². The molecule has 1 rings (SSSR count). The maximum absolute atomic E-state index is 10.8. The molecule has 1 N–H and O–H groups in total. The van der Waals surface area contributed by atoms with Gasteiger partial charge < -0.3 is 5.11 Å². The quantitative estimate of drug-likeness (QED) is 0.819. The van der Waals surface area contributed by atoms with Crippen LogP contribution in [-0.4, -0.2) is 11.1 Å². The Morgan fingerprint density at radius 2 is 2.23 bits per heavy atom. The first-order chi connectivity index (χ1) is 6.07. The van der Waals surface area contributed by atoms with E-state index in [-0.39, 0.29) is 11.1 Å². The topological polar surface area (TPSA) is 61.1 Å². The molecular formula is C9H6BrNO2. The highest BCUT2D eigenvalue weighted by atomic mass is 79.9. The fraction of sp³-hybridized carbons (Fsp3) is 0.111. The number of halogens is 1. The van der Waals surface area contributed by atoms with Crippen molar-refractivity contribution in [1.82, 2.24) is 0 Å². The molecule has 66 valence electrons. The molecule has 0 aliphatic rings. The first kappa shape index (κ1) is 9.75. The van der Waals surface area contributed by atoms with Crippen molar-refractivity contribution in [1.29, 1.82) is 5.26 Å². The number of carboxylic acid groups (broad SMARTS) is 1. The molecule has 0 amide bonds. The number of nitriles is 1. The molecular weight excluding hydrogens is 234 g/mol. The van der Waals surface area contributed by atoms with Crippen LogP contribution >= 0.6 is 15.9 Å². The van der Waals surface area contributed by atoms with Gasteiger partial charge in [-0.2, -0.15) is 5.26 Å². The molecule has 13 heavy (non-hydrogen) atoms. The van der Waals surface area contributed by atoms with Crippen molar-refractivity contribution < 1.29 is 9.90 Å². The van der Waals surface area contributed by atoms with Gasteiger partial charge in [0.05, 0.1) is 11.1 Å². The van der Waals surface area contributed by atoms with Crippen LogP contribution in [0.4, 0.5) is 0 Å². The molecule has 1 aromatic rings. The van der Waals surface area contributed by atoms with Gasteiger partial charge in [-0.05, 0) is 24.6 Å². The van der Waals surface area contributed by atoms with Crippen molar-refractivity contribution >= 4 is 21.9 Å². The van der Waals surface area contributed by atoms with E-state index >= 15 is 0 Å². The third-order valence-corrected chi connectivity index (χ3v) is 2.59. The van der Waals surface area contributed by atoms with E-state index in [0.717, 1.165) is 0 Å². The summed E-state index contributed by atoms with van der Waals surface area (Å²) in [5, 5.41) is 17.5. The number of rotatable bonds is 1. The van der Waals surface area contributed by atoms with Crippen molar-refractivity contribution in [3.05, 3.63) is 33.3 Å². The number of benzene rings is 1. The zero-order valence-corrected chi connectivity index (χ0v) is 8.42. The molecule has 0 saturated heterocycles. The second-order valence-electron chi connectivity index (χ2n) is 2.51. The Labute approximate surface area is 83.7 Å². The minimum Gasteiger partial charge on any atom is -0.478 e. The standard InChI is InChI=1S/C9H6BrNO2/c1-5-7(10)3-2-6(4-11)8(5)9(12)13/h2-3H,1H3,(H,12,13). The van der Waals surface area contributed by atoms with Crippen LogP contribution in [0, 0.1) is 18.3 Å². The van der Waals surface area contributed by atoms with Crippen molar-refractivity contribution in [2.75, 3.05) is 0 Å². The number of nitrogens with zero attached hydrogens (tertiary/aromatic N) is 1. The maximum atomic E-state index is 10.8. The van der Waals surface area contributed by atoms with Crippen LogP contribution in [0.3, 0.4) is 0 Å². The van der Waals surface area contributed by atoms with Gasteiger partial charge in [-0.25, -0.2) is 4.79 Å². The highest BCUT2D eigenvalue weighted by molar-refractivity contribution is 9.10. The summed E-state index contributed by atoms with van der Waals surface area (Å²) in [5.74, 6) is -1.07. The van der Waals surface area contributed by atoms with E-state index in [1.165, 1.54) is 6.07 Å². The zero-order valence-electron chi connectivity index (χ0n) is 6.84. The van der Waals surface area contributed by atoms with Crippen LogP contribution < -0.4 is 0 Å². The van der Waals surface area contributed by atoms with Crippen LogP contribution in [0.2, 0.25) is 0 Å². The summed E-state index contributed by atoms with van der Waals surface area (Å²) >= 11 is 3.20.